The minimum atomic E-state index is 0.661. The van der Waals surface area contributed by atoms with E-state index in [1.807, 2.05) is 35.1 Å². The minimum Gasteiger partial charge on any atom is -0.443 e. The predicted octanol–water partition coefficient (Wildman–Crippen LogP) is 2.24. The van der Waals surface area contributed by atoms with Gasteiger partial charge in [0, 0.05) is 18.8 Å². The van der Waals surface area contributed by atoms with Gasteiger partial charge >= 0.3 is 0 Å². The zero-order valence-electron chi connectivity index (χ0n) is 10.4. The fraction of sp³-hybridized carbons (Fsp3) is 0.286. The standard InChI is InChI=1S/C14H14N4O/c1-2-6-18-13(3-1)11(7-17-18)14-12(16-9-19-14)8-15-10-4-5-10/h1-3,6-7,9-10,15H,4-5,8H2. The molecule has 0 aromatic carbocycles. The lowest BCUT2D eigenvalue weighted by Crippen LogP contribution is -2.15. The predicted molar refractivity (Wildman–Crippen MR) is 70.6 cm³/mol. The lowest BCUT2D eigenvalue weighted by atomic mass is 10.2. The molecular weight excluding hydrogens is 240 g/mol. The lowest BCUT2D eigenvalue weighted by molar-refractivity contribution is 0.570. The van der Waals surface area contributed by atoms with Gasteiger partial charge in [-0.25, -0.2) is 9.50 Å². The van der Waals surface area contributed by atoms with E-state index in [4.69, 9.17) is 4.42 Å². The highest BCUT2D eigenvalue weighted by Crippen LogP contribution is 2.28. The molecule has 0 spiro atoms. The summed E-state index contributed by atoms with van der Waals surface area (Å²) < 4.78 is 7.41. The molecule has 1 fully saturated rings. The Morgan fingerprint density at radius 1 is 1.37 bits per heavy atom. The molecule has 0 saturated heterocycles. The molecule has 0 bridgehead atoms. The van der Waals surface area contributed by atoms with Gasteiger partial charge in [0.15, 0.2) is 12.2 Å². The van der Waals surface area contributed by atoms with Crippen molar-refractivity contribution in [3.63, 3.8) is 0 Å². The summed E-state index contributed by atoms with van der Waals surface area (Å²) in [5.74, 6) is 0.814. The van der Waals surface area contributed by atoms with Crippen molar-refractivity contribution in [1.29, 1.82) is 0 Å². The molecule has 96 valence electrons. The van der Waals surface area contributed by atoms with Crippen LogP contribution in [0, 0.1) is 0 Å². The molecule has 0 atom stereocenters. The monoisotopic (exact) mass is 254 g/mol. The highest BCUT2D eigenvalue weighted by atomic mass is 16.3. The van der Waals surface area contributed by atoms with E-state index in [1.54, 1.807) is 0 Å². The Morgan fingerprint density at radius 2 is 2.32 bits per heavy atom. The zero-order valence-corrected chi connectivity index (χ0v) is 10.4. The molecule has 1 aliphatic carbocycles. The third kappa shape index (κ3) is 1.92. The minimum absolute atomic E-state index is 0.661. The molecule has 0 aliphatic heterocycles. The van der Waals surface area contributed by atoms with Crippen LogP contribution in [0.25, 0.3) is 16.8 Å². The number of hydrogen-bond donors (Lipinski definition) is 1. The Hall–Kier alpha value is -2.14. The van der Waals surface area contributed by atoms with E-state index in [0.717, 1.165) is 29.1 Å². The van der Waals surface area contributed by atoms with Crippen molar-refractivity contribution in [2.45, 2.75) is 25.4 Å². The Morgan fingerprint density at radius 3 is 3.21 bits per heavy atom. The van der Waals surface area contributed by atoms with Crippen molar-refractivity contribution in [3.8, 4) is 11.3 Å². The van der Waals surface area contributed by atoms with E-state index >= 15 is 0 Å². The van der Waals surface area contributed by atoms with Gasteiger partial charge < -0.3 is 9.73 Å². The Bertz CT molecular complexity index is 711. The summed E-state index contributed by atoms with van der Waals surface area (Å²) in [7, 11) is 0. The molecule has 1 N–H and O–H groups in total. The summed E-state index contributed by atoms with van der Waals surface area (Å²) in [6, 6.07) is 6.65. The van der Waals surface area contributed by atoms with Crippen molar-refractivity contribution in [3.05, 3.63) is 42.7 Å². The summed E-state index contributed by atoms with van der Waals surface area (Å²) >= 11 is 0. The third-order valence-electron chi connectivity index (χ3n) is 3.45. The number of oxazole rings is 1. The van der Waals surface area contributed by atoms with Crippen LogP contribution in [0.2, 0.25) is 0 Å². The largest absolute Gasteiger partial charge is 0.443 e. The molecule has 19 heavy (non-hydrogen) atoms. The molecule has 3 aromatic rings. The van der Waals surface area contributed by atoms with Crippen LogP contribution >= 0.6 is 0 Å². The number of aromatic nitrogens is 3. The summed E-state index contributed by atoms with van der Waals surface area (Å²) in [6.45, 7) is 0.751. The second-order valence-electron chi connectivity index (χ2n) is 4.87. The molecule has 5 nitrogen and oxygen atoms in total. The maximum atomic E-state index is 5.57. The smallest absolute Gasteiger partial charge is 0.181 e. The van der Waals surface area contributed by atoms with Gasteiger partial charge in [-0.3, -0.25) is 0 Å². The third-order valence-corrected chi connectivity index (χ3v) is 3.45. The van der Waals surface area contributed by atoms with E-state index in [9.17, 15) is 0 Å². The van der Waals surface area contributed by atoms with Crippen LogP contribution in [0.5, 0.6) is 0 Å². The van der Waals surface area contributed by atoms with E-state index < -0.39 is 0 Å². The van der Waals surface area contributed by atoms with Crippen molar-refractivity contribution in [1.82, 2.24) is 19.9 Å². The van der Waals surface area contributed by atoms with Gasteiger partial charge in [0.1, 0.15) is 5.69 Å². The summed E-state index contributed by atoms with van der Waals surface area (Å²) in [6.07, 6.45) is 7.80. The number of fused-ring (bicyclic) bond motifs is 1. The highest BCUT2D eigenvalue weighted by Gasteiger charge is 2.22. The maximum absolute atomic E-state index is 5.57. The van der Waals surface area contributed by atoms with Crippen molar-refractivity contribution >= 4 is 5.52 Å². The van der Waals surface area contributed by atoms with E-state index in [1.165, 1.54) is 19.2 Å². The number of nitrogens with one attached hydrogen (secondary N) is 1. The SMILES string of the molecule is c1ccn2ncc(-c3ocnc3CNC3CC3)c2c1. The van der Waals surface area contributed by atoms with Crippen LogP contribution in [0.15, 0.2) is 41.4 Å². The fourth-order valence-corrected chi connectivity index (χ4v) is 2.25. The topological polar surface area (TPSA) is 55.4 Å². The lowest BCUT2D eigenvalue weighted by Gasteiger charge is -2.01. The highest BCUT2D eigenvalue weighted by molar-refractivity contribution is 5.77. The van der Waals surface area contributed by atoms with Crippen LogP contribution < -0.4 is 5.32 Å². The van der Waals surface area contributed by atoms with Crippen molar-refractivity contribution in [2.24, 2.45) is 0 Å². The average Bonchev–Trinajstić information content (AvgIpc) is 3.00. The number of hydrogen-bond acceptors (Lipinski definition) is 4. The second-order valence-corrected chi connectivity index (χ2v) is 4.87. The van der Waals surface area contributed by atoms with Gasteiger partial charge in [-0.15, -0.1) is 0 Å². The summed E-state index contributed by atoms with van der Waals surface area (Å²) in [4.78, 5) is 4.31. The molecule has 0 unspecified atom stereocenters. The maximum Gasteiger partial charge on any atom is 0.181 e. The van der Waals surface area contributed by atoms with Gasteiger partial charge in [0.05, 0.1) is 17.3 Å². The van der Waals surface area contributed by atoms with Crippen LogP contribution in [0.4, 0.5) is 0 Å². The molecule has 5 heteroatoms. The summed E-state index contributed by atoms with van der Waals surface area (Å²) in [5.41, 5.74) is 2.98. The summed E-state index contributed by atoms with van der Waals surface area (Å²) in [5, 5.41) is 7.79. The Labute approximate surface area is 110 Å². The van der Waals surface area contributed by atoms with Crippen molar-refractivity contribution in [2.75, 3.05) is 0 Å². The van der Waals surface area contributed by atoms with Gasteiger partial charge in [-0.05, 0) is 25.0 Å². The van der Waals surface area contributed by atoms with Gasteiger partial charge in [-0.2, -0.15) is 5.10 Å². The first kappa shape index (κ1) is 10.8. The first-order chi connectivity index (χ1) is 9.42. The fourth-order valence-electron chi connectivity index (χ4n) is 2.25. The quantitative estimate of drug-likeness (QED) is 0.775. The van der Waals surface area contributed by atoms with Gasteiger partial charge in [0.25, 0.3) is 0 Å². The molecule has 1 aliphatic rings. The Kier molecular flexibility index (Phi) is 2.38. The molecule has 0 radical (unpaired) electrons. The molecule has 3 heterocycles. The van der Waals surface area contributed by atoms with E-state index in [2.05, 4.69) is 15.4 Å². The number of rotatable bonds is 4. The van der Waals surface area contributed by atoms with Gasteiger partial charge in [0.2, 0.25) is 0 Å². The molecular formula is C14H14N4O. The molecule has 4 rings (SSSR count). The van der Waals surface area contributed by atoms with Gasteiger partial charge in [-0.1, -0.05) is 6.07 Å². The number of nitrogens with zero attached hydrogens (tertiary/aromatic N) is 3. The van der Waals surface area contributed by atoms with E-state index in [0.29, 0.717) is 6.04 Å². The Balaban J connectivity index is 1.72. The zero-order chi connectivity index (χ0) is 12.7. The number of pyridine rings is 1. The second kappa shape index (κ2) is 4.20. The first-order valence-electron chi connectivity index (χ1n) is 6.50. The first-order valence-corrected chi connectivity index (χ1v) is 6.50. The van der Waals surface area contributed by atoms with Crippen LogP contribution in [0.1, 0.15) is 18.5 Å². The molecule has 0 amide bonds. The van der Waals surface area contributed by atoms with Crippen LogP contribution in [-0.2, 0) is 6.54 Å². The molecule has 3 aromatic heterocycles. The van der Waals surface area contributed by atoms with Crippen LogP contribution in [0.3, 0.4) is 0 Å². The van der Waals surface area contributed by atoms with E-state index in [-0.39, 0.29) is 0 Å². The normalized spacial score (nSPS) is 15.2. The molecule has 1 saturated carbocycles. The average molecular weight is 254 g/mol. The van der Waals surface area contributed by atoms with Crippen LogP contribution in [-0.4, -0.2) is 20.6 Å². The van der Waals surface area contributed by atoms with Crippen molar-refractivity contribution < 1.29 is 4.42 Å².